The average molecular weight is 330 g/mol. The van der Waals surface area contributed by atoms with Gasteiger partial charge in [-0.15, -0.1) is 29.2 Å². The van der Waals surface area contributed by atoms with Gasteiger partial charge in [0.15, 0.2) is 5.16 Å². The maximum atomic E-state index is 5.17. The molecule has 2 rings (SSSR count). The molecule has 0 unspecified atom stereocenters. The number of thioether (sulfide) groups is 1. The molecule has 0 aliphatic carbocycles. The second-order valence-corrected chi connectivity index (χ2v) is 5.36. The van der Waals surface area contributed by atoms with Crippen LogP contribution in [0, 0.1) is 13.8 Å². The second kappa shape index (κ2) is 8.21. The Kier molecular flexibility index (Phi) is 6.94. The number of nitrogens with one attached hydrogen (secondary N) is 1. The first kappa shape index (κ1) is 17.7. The maximum absolute atomic E-state index is 5.17. The first-order valence-corrected chi connectivity index (χ1v) is 7.38. The Bertz CT molecular complexity index is 576. The summed E-state index contributed by atoms with van der Waals surface area (Å²) < 4.78 is 7.23. The summed E-state index contributed by atoms with van der Waals surface area (Å²) in [5.74, 6) is 2.55. The van der Waals surface area contributed by atoms with Crippen molar-refractivity contribution in [1.82, 2.24) is 25.2 Å². The smallest absolute Gasteiger partial charge is 0.191 e. The van der Waals surface area contributed by atoms with Crippen LogP contribution < -0.4 is 5.32 Å². The molecule has 0 saturated heterocycles. The molecule has 6 nitrogen and oxygen atoms in total. The summed E-state index contributed by atoms with van der Waals surface area (Å²) in [6.07, 6.45) is 1.85. The van der Waals surface area contributed by atoms with Crippen LogP contribution in [0.3, 0.4) is 0 Å². The molecule has 8 heteroatoms. The topological polar surface area (TPSA) is 68.8 Å². The van der Waals surface area contributed by atoms with E-state index in [1.807, 2.05) is 27.0 Å². The van der Waals surface area contributed by atoms with E-state index in [-0.39, 0.29) is 12.4 Å². The molecular weight excluding hydrogens is 310 g/mol. The number of aryl methyl sites for hydroxylation is 2. The number of aromatic nitrogens is 4. The van der Waals surface area contributed by atoms with Crippen LogP contribution in [0.1, 0.15) is 22.8 Å². The predicted molar refractivity (Wildman–Crippen MR) is 85.8 cm³/mol. The number of hydrogen-bond acceptors (Lipinski definition) is 6. The van der Waals surface area contributed by atoms with Gasteiger partial charge in [0.2, 0.25) is 0 Å². The fourth-order valence-corrected chi connectivity index (χ4v) is 2.99. The average Bonchev–Trinajstić information content (AvgIpc) is 2.94. The lowest BCUT2D eigenvalue weighted by Crippen LogP contribution is -2.12. The Balaban J connectivity index is 0.00000220. The highest BCUT2D eigenvalue weighted by atomic mass is 35.5. The van der Waals surface area contributed by atoms with Gasteiger partial charge >= 0.3 is 0 Å². The molecule has 0 aliphatic rings. The van der Waals surface area contributed by atoms with Crippen LogP contribution in [0.2, 0.25) is 0 Å². The maximum Gasteiger partial charge on any atom is 0.191 e. The summed E-state index contributed by atoms with van der Waals surface area (Å²) >= 11 is 1.63. The van der Waals surface area contributed by atoms with Gasteiger partial charge in [0.25, 0.3) is 0 Å². The Hall–Kier alpha value is -1.31. The van der Waals surface area contributed by atoms with Crippen LogP contribution in [0.15, 0.2) is 22.3 Å². The SMILES string of the molecule is C=CCn1c(CNC)nnc1SCc1c(C)noc1C.Cl. The zero-order chi connectivity index (χ0) is 14.5. The summed E-state index contributed by atoms with van der Waals surface area (Å²) in [6, 6.07) is 0. The van der Waals surface area contributed by atoms with Gasteiger partial charge in [-0.25, -0.2) is 0 Å². The third-order valence-electron chi connectivity index (χ3n) is 2.97. The van der Waals surface area contributed by atoms with E-state index >= 15 is 0 Å². The highest BCUT2D eigenvalue weighted by molar-refractivity contribution is 7.98. The zero-order valence-corrected chi connectivity index (χ0v) is 14.1. The minimum atomic E-state index is 0. The number of allylic oxidation sites excluding steroid dienone is 1. The van der Waals surface area contributed by atoms with Gasteiger partial charge < -0.3 is 14.4 Å². The van der Waals surface area contributed by atoms with Crippen molar-refractivity contribution in [3.63, 3.8) is 0 Å². The molecule has 0 spiro atoms. The van der Waals surface area contributed by atoms with Crippen LogP contribution in [0.25, 0.3) is 0 Å². The normalized spacial score (nSPS) is 10.4. The Morgan fingerprint density at radius 2 is 2.14 bits per heavy atom. The van der Waals surface area contributed by atoms with Gasteiger partial charge in [-0.05, 0) is 20.9 Å². The molecule has 0 amide bonds. The summed E-state index contributed by atoms with van der Waals surface area (Å²) in [6.45, 7) is 9.05. The minimum absolute atomic E-state index is 0. The highest BCUT2D eigenvalue weighted by Crippen LogP contribution is 2.25. The molecule has 2 aromatic rings. The molecule has 0 atom stereocenters. The van der Waals surface area contributed by atoms with Crippen molar-refractivity contribution < 1.29 is 4.52 Å². The summed E-state index contributed by atoms with van der Waals surface area (Å²) in [5.41, 5.74) is 2.05. The monoisotopic (exact) mass is 329 g/mol. The van der Waals surface area contributed by atoms with E-state index in [2.05, 4.69) is 31.8 Å². The number of hydrogen-bond donors (Lipinski definition) is 1. The summed E-state index contributed by atoms with van der Waals surface area (Å²) in [5, 5.41) is 16.4. The van der Waals surface area contributed by atoms with Crippen LogP contribution in [0.5, 0.6) is 0 Å². The van der Waals surface area contributed by atoms with Gasteiger partial charge in [-0.3, -0.25) is 0 Å². The van der Waals surface area contributed by atoms with Crippen molar-refractivity contribution >= 4 is 24.2 Å². The Morgan fingerprint density at radius 3 is 2.71 bits per heavy atom. The van der Waals surface area contributed by atoms with Crippen molar-refractivity contribution in [2.45, 2.75) is 37.8 Å². The van der Waals surface area contributed by atoms with Gasteiger partial charge in [0, 0.05) is 17.9 Å². The lowest BCUT2D eigenvalue weighted by Gasteiger charge is -2.07. The molecule has 2 heterocycles. The molecule has 1 N–H and O–H groups in total. The van der Waals surface area contributed by atoms with Crippen LogP contribution in [-0.2, 0) is 18.8 Å². The van der Waals surface area contributed by atoms with Crippen molar-refractivity contribution in [3.8, 4) is 0 Å². The van der Waals surface area contributed by atoms with Gasteiger partial charge in [-0.2, -0.15) is 0 Å². The first-order chi connectivity index (χ1) is 9.67. The van der Waals surface area contributed by atoms with E-state index in [4.69, 9.17) is 4.52 Å². The van der Waals surface area contributed by atoms with E-state index in [0.717, 1.165) is 33.8 Å². The third-order valence-corrected chi connectivity index (χ3v) is 3.96. The van der Waals surface area contributed by atoms with Crippen LogP contribution in [-0.4, -0.2) is 27.0 Å². The second-order valence-electron chi connectivity index (χ2n) is 4.42. The van der Waals surface area contributed by atoms with Gasteiger partial charge in [0.1, 0.15) is 11.6 Å². The van der Waals surface area contributed by atoms with E-state index in [1.54, 1.807) is 11.8 Å². The van der Waals surface area contributed by atoms with Gasteiger partial charge in [0.05, 0.1) is 12.2 Å². The lowest BCUT2D eigenvalue weighted by atomic mass is 10.2. The quantitative estimate of drug-likeness (QED) is 0.622. The lowest BCUT2D eigenvalue weighted by molar-refractivity contribution is 0.392. The van der Waals surface area contributed by atoms with Crippen molar-refractivity contribution in [3.05, 3.63) is 35.5 Å². The first-order valence-electron chi connectivity index (χ1n) is 6.39. The highest BCUT2D eigenvalue weighted by Gasteiger charge is 2.14. The molecule has 0 bridgehead atoms. The molecule has 0 aromatic carbocycles. The van der Waals surface area contributed by atoms with Crippen LogP contribution >= 0.6 is 24.2 Å². The van der Waals surface area contributed by atoms with E-state index in [1.165, 1.54) is 0 Å². The molecule has 0 fully saturated rings. The fourth-order valence-electron chi connectivity index (χ4n) is 1.87. The van der Waals surface area contributed by atoms with Crippen molar-refractivity contribution in [2.24, 2.45) is 0 Å². The standard InChI is InChI=1S/C13H19N5OS.ClH/c1-5-6-18-12(7-14-4)15-16-13(18)20-8-11-9(2)17-19-10(11)3;/h5,14H,1,6-8H2,2-4H3;1H. The summed E-state index contributed by atoms with van der Waals surface area (Å²) in [7, 11) is 1.89. The largest absolute Gasteiger partial charge is 0.361 e. The Labute approximate surface area is 134 Å². The molecule has 2 aromatic heterocycles. The van der Waals surface area contributed by atoms with E-state index in [0.29, 0.717) is 13.1 Å². The molecule has 0 saturated carbocycles. The predicted octanol–water partition coefficient (Wildman–Crippen LogP) is 2.50. The van der Waals surface area contributed by atoms with E-state index in [9.17, 15) is 0 Å². The molecule has 0 radical (unpaired) electrons. The van der Waals surface area contributed by atoms with Crippen molar-refractivity contribution in [2.75, 3.05) is 7.05 Å². The minimum Gasteiger partial charge on any atom is -0.361 e. The van der Waals surface area contributed by atoms with E-state index < -0.39 is 0 Å². The van der Waals surface area contributed by atoms with Gasteiger partial charge in [-0.1, -0.05) is 23.0 Å². The number of halogens is 1. The molecule has 21 heavy (non-hydrogen) atoms. The molecular formula is C13H20ClN5OS. The Morgan fingerprint density at radius 1 is 1.38 bits per heavy atom. The molecule has 116 valence electrons. The zero-order valence-electron chi connectivity index (χ0n) is 12.4. The summed E-state index contributed by atoms with van der Waals surface area (Å²) in [4.78, 5) is 0. The number of nitrogens with zero attached hydrogens (tertiary/aromatic N) is 4. The van der Waals surface area contributed by atoms with Crippen LogP contribution in [0.4, 0.5) is 0 Å². The number of rotatable bonds is 7. The molecule has 0 aliphatic heterocycles. The third kappa shape index (κ3) is 4.09. The fraction of sp³-hybridized carbons (Fsp3) is 0.462. The van der Waals surface area contributed by atoms with Crippen molar-refractivity contribution in [1.29, 1.82) is 0 Å².